The molecule has 2 N–H and O–H groups in total. The van der Waals surface area contributed by atoms with Gasteiger partial charge in [0.1, 0.15) is 10.9 Å². The Bertz CT molecular complexity index is 528. The van der Waals surface area contributed by atoms with Crippen molar-refractivity contribution in [2.24, 2.45) is 0 Å². The van der Waals surface area contributed by atoms with Crippen molar-refractivity contribution < 1.29 is 24.2 Å². The standard InChI is InChI=1S/C12H14ClNO5S/c1-6-5-20-10(9(6)13)11(16)14-7(12(17)18)3-4-8(15)19-2/h5,7H,3-4H2,1-2H3,(H,14,16)(H,17,18)/t7-/m0/s1. The lowest BCUT2D eigenvalue weighted by molar-refractivity contribution is -0.142. The molecule has 1 heterocycles. The minimum Gasteiger partial charge on any atom is -0.480 e. The number of hydrogen-bond acceptors (Lipinski definition) is 5. The number of amides is 1. The van der Waals surface area contributed by atoms with Crippen LogP contribution < -0.4 is 5.32 Å². The summed E-state index contributed by atoms with van der Waals surface area (Å²) in [6, 6.07) is -1.17. The molecule has 0 fully saturated rings. The van der Waals surface area contributed by atoms with Crippen LogP contribution in [0, 0.1) is 6.92 Å². The summed E-state index contributed by atoms with van der Waals surface area (Å²) in [4.78, 5) is 34.3. The van der Waals surface area contributed by atoms with Crippen LogP contribution in [0.1, 0.15) is 28.1 Å². The molecule has 6 nitrogen and oxygen atoms in total. The van der Waals surface area contributed by atoms with Crippen molar-refractivity contribution in [3.05, 3.63) is 20.8 Å². The monoisotopic (exact) mass is 319 g/mol. The second-order valence-electron chi connectivity index (χ2n) is 4.04. The van der Waals surface area contributed by atoms with E-state index in [0.717, 1.165) is 16.9 Å². The van der Waals surface area contributed by atoms with Gasteiger partial charge in [0.2, 0.25) is 0 Å². The first-order valence-electron chi connectivity index (χ1n) is 5.70. The van der Waals surface area contributed by atoms with Crippen molar-refractivity contribution in [3.63, 3.8) is 0 Å². The number of carboxylic acid groups (broad SMARTS) is 1. The van der Waals surface area contributed by atoms with E-state index in [1.54, 1.807) is 12.3 Å². The molecule has 0 bridgehead atoms. The zero-order valence-corrected chi connectivity index (χ0v) is 12.5. The summed E-state index contributed by atoms with van der Waals surface area (Å²) < 4.78 is 4.43. The molecule has 1 atom stereocenters. The summed E-state index contributed by atoms with van der Waals surface area (Å²) in [7, 11) is 1.21. The molecular formula is C12H14ClNO5S. The van der Waals surface area contributed by atoms with Crippen molar-refractivity contribution in [2.75, 3.05) is 7.11 Å². The minimum atomic E-state index is -1.22. The highest BCUT2D eigenvalue weighted by atomic mass is 35.5. The Kier molecular flexibility index (Phi) is 5.97. The van der Waals surface area contributed by atoms with Gasteiger partial charge in [-0.25, -0.2) is 4.79 Å². The lowest BCUT2D eigenvalue weighted by Gasteiger charge is -2.13. The van der Waals surface area contributed by atoms with Gasteiger partial charge in [0, 0.05) is 6.42 Å². The van der Waals surface area contributed by atoms with Crippen LogP contribution in [0.5, 0.6) is 0 Å². The highest BCUT2D eigenvalue weighted by Crippen LogP contribution is 2.27. The number of carbonyl (C=O) groups is 3. The van der Waals surface area contributed by atoms with Gasteiger partial charge in [0.25, 0.3) is 5.91 Å². The van der Waals surface area contributed by atoms with E-state index in [-0.39, 0.29) is 17.7 Å². The molecule has 0 aromatic carbocycles. The van der Waals surface area contributed by atoms with Gasteiger partial charge >= 0.3 is 11.9 Å². The van der Waals surface area contributed by atoms with E-state index in [0.29, 0.717) is 5.02 Å². The molecule has 0 aliphatic rings. The summed E-state index contributed by atoms with van der Waals surface area (Å²) in [5.74, 6) is -2.31. The number of nitrogens with one attached hydrogen (secondary N) is 1. The Morgan fingerprint density at radius 2 is 2.15 bits per heavy atom. The molecule has 0 aliphatic heterocycles. The number of rotatable bonds is 6. The van der Waals surface area contributed by atoms with Crippen molar-refractivity contribution in [1.82, 2.24) is 5.32 Å². The van der Waals surface area contributed by atoms with Crippen LogP contribution in [-0.4, -0.2) is 36.1 Å². The fourth-order valence-corrected chi connectivity index (χ4v) is 2.61. The molecule has 0 radical (unpaired) electrons. The lowest BCUT2D eigenvalue weighted by atomic mass is 10.1. The van der Waals surface area contributed by atoms with E-state index in [4.69, 9.17) is 16.7 Å². The highest BCUT2D eigenvalue weighted by molar-refractivity contribution is 7.13. The van der Waals surface area contributed by atoms with Crippen molar-refractivity contribution in [2.45, 2.75) is 25.8 Å². The van der Waals surface area contributed by atoms with Crippen LogP contribution in [0.15, 0.2) is 5.38 Å². The predicted octanol–water partition coefficient (Wildman–Crippen LogP) is 1.85. The first-order valence-corrected chi connectivity index (χ1v) is 6.96. The number of carboxylic acids is 1. The Hall–Kier alpha value is -1.60. The molecule has 1 amide bonds. The molecule has 20 heavy (non-hydrogen) atoms. The topological polar surface area (TPSA) is 92.7 Å². The maximum Gasteiger partial charge on any atom is 0.326 e. The third-order valence-corrected chi connectivity index (χ3v) is 4.27. The van der Waals surface area contributed by atoms with Gasteiger partial charge in [-0.3, -0.25) is 9.59 Å². The summed E-state index contributed by atoms with van der Waals surface area (Å²) in [6.45, 7) is 1.75. The third-order valence-electron chi connectivity index (χ3n) is 2.57. The number of carbonyl (C=O) groups excluding carboxylic acids is 2. The maximum absolute atomic E-state index is 11.9. The van der Waals surface area contributed by atoms with E-state index < -0.39 is 23.9 Å². The Labute approximate surface area is 124 Å². The van der Waals surface area contributed by atoms with E-state index in [2.05, 4.69) is 10.1 Å². The van der Waals surface area contributed by atoms with E-state index in [9.17, 15) is 14.4 Å². The molecule has 1 aromatic rings. The number of thiophene rings is 1. The smallest absolute Gasteiger partial charge is 0.326 e. The van der Waals surface area contributed by atoms with Crippen LogP contribution in [0.25, 0.3) is 0 Å². The minimum absolute atomic E-state index is 0.0459. The molecule has 0 spiro atoms. The van der Waals surface area contributed by atoms with Crippen molar-refractivity contribution in [1.29, 1.82) is 0 Å². The zero-order valence-electron chi connectivity index (χ0n) is 10.9. The van der Waals surface area contributed by atoms with Gasteiger partial charge < -0.3 is 15.2 Å². The summed E-state index contributed by atoms with van der Waals surface area (Å²) >= 11 is 7.08. The van der Waals surface area contributed by atoms with Crippen LogP contribution in [0.4, 0.5) is 0 Å². The van der Waals surface area contributed by atoms with Gasteiger partial charge in [-0.15, -0.1) is 11.3 Å². The summed E-state index contributed by atoms with van der Waals surface area (Å²) in [6.07, 6.45) is -0.138. The van der Waals surface area contributed by atoms with E-state index in [1.807, 2.05) is 0 Å². The number of methoxy groups -OCH3 is 1. The molecule has 0 unspecified atom stereocenters. The molecule has 0 aliphatic carbocycles. The van der Waals surface area contributed by atoms with Crippen LogP contribution in [0.2, 0.25) is 5.02 Å². The second-order valence-corrected chi connectivity index (χ2v) is 5.30. The van der Waals surface area contributed by atoms with Crippen LogP contribution in [-0.2, 0) is 14.3 Å². The lowest BCUT2D eigenvalue weighted by Crippen LogP contribution is -2.41. The zero-order chi connectivity index (χ0) is 15.3. The Balaban J connectivity index is 2.71. The highest BCUT2D eigenvalue weighted by Gasteiger charge is 2.24. The average molecular weight is 320 g/mol. The Morgan fingerprint density at radius 3 is 2.60 bits per heavy atom. The van der Waals surface area contributed by atoms with Gasteiger partial charge in [0.05, 0.1) is 12.1 Å². The van der Waals surface area contributed by atoms with Crippen molar-refractivity contribution in [3.8, 4) is 0 Å². The second kappa shape index (κ2) is 7.25. The predicted molar refractivity (Wildman–Crippen MR) is 74.2 cm³/mol. The molecule has 0 saturated heterocycles. The summed E-state index contributed by atoms with van der Waals surface area (Å²) in [5.41, 5.74) is 0.753. The quantitative estimate of drug-likeness (QED) is 0.780. The van der Waals surface area contributed by atoms with Gasteiger partial charge in [-0.1, -0.05) is 11.6 Å². The number of aliphatic carboxylic acids is 1. The molecule has 0 saturated carbocycles. The first-order chi connectivity index (χ1) is 9.36. The largest absolute Gasteiger partial charge is 0.480 e. The van der Waals surface area contributed by atoms with Crippen molar-refractivity contribution >= 4 is 40.8 Å². The van der Waals surface area contributed by atoms with Gasteiger partial charge in [-0.2, -0.15) is 0 Å². The normalized spacial score (nSPS) is 11.8. The van der Waals surface area contributed by atoms with Crippen LogP contribution >= 0.6 is 22.9 Å². The van der Waals surface area contributed by atoms with Crippen LogP contribution in [0.3, 0.4) is 0 Å². The first kappa shape index (κ1) is 16.5. The molecule has 110 valence electrons. The number of halogens is 1. The SMILES string of the molecule is COC(=O)CC[C@H](NC(=O)c1scc(C)c1Cl)C(=O)O. The number of aryl methyl sites for hydroxylation is 1. The fraction of sp³-hybridized carbons (Fsp3) is 0.417. The van der Waals surface area contributed by atoms with Gasteiger partial charge in [0.15, 0.2) is 0 Å². The average Bonchev–Trinajstić information content (AvgIpc) is 2.74. The number of hydrogen-bond donors (Lipinski definition) is 2. The molecule has 1 aromatic heterocycles. The van der Waals surface area contributed by atoms with E-state index >= 15 is 0 Å². The molecular weight excluding hydrogens is 306 g/mol. The third kappa shape index (κ3) is 4.21. The summed E-state index contributed by atoms with van der Waals surface area (Å²) in [5, 5.41) is 13.4. The molecule has 1 rings (SSSR count). The molecule has 8 heteroatoms. The Morgan fingerprint density at radius 1 is 1.50 bits per heavy atom. The maximum atomic E-state index is 11.9. The number of ether oxygens (including phenoxy) is 1. The fourth-order valence-electron chi connectivity index (χ4n) is 1.43. The van der Waals surface area contributed by atoms with E-state index in [1.165, 1.54) is 7.11 Å². The van der Waals surface area contributed by atoms with Gasteiger partial charge in [-0.05, 0) is 24.3 Å². The number of esters is 1.